The van der Waals surface area contributed by atoms with Gasteiger partial charge >= 0.3 is 24.7 Å². The van der Waals surface area contributed by atoms with Crippen LogP contribution in [0.5, 0.6) is 0 Å². The summed E-state index contributed by atoms with van der Waals surface area (Å²) in [7, 11) is -4.62. The molecule has 41 heavy (non-hydrogen) atoms. The summed E-state index contributed by atoms with van der Waals surface area (Å²) >= 11 is 0. The Morgan fingerprint density at radius 2 is 0.829 bits per heavy atom. The third-order valence-electron chi connectivity index (χ3n) is 6.57. The average Bonchev–Trinajstić information content (AvgIpc) is 2.82. The lowest BCUT2D eigenvalue weighted by Crippen LogP contribution is -2.74. The van der Waals surface area contributed by atoms with Crippen molar-refractivity contribution in [1.82, 2.24) is 4.98 Å². The predicted octanol–water partition coefficient (Wildman–Crippen LogP) is 8.41. The van der Waals surface area contributed by atoms with E-state index in [-0.39, 0.29) is 18.7 Å². The SMILES string of the molecule is CC(C)(C)[Si](NCc1ccccc1)(c1cc(C(F)(F)F)cc(C(F)(F)F)c1)c1cc(C(F)(F)F)cc(C(F)(F)F)c1. The van der Waals surface area contributed by atoms with E-state index in [1.165, 1.54) is 32.9 Å². The average molecular weight is 618 g/mol. The minimum atomic E-state index is -5.31. The first-order valence-electron chi connectivity index (χ1n) is 11.8. The van der Waals surface area contributed by atoms with Crippen molar-refractivity contribution < 1.29 is 52.7 Å². The van der Waals surface area contributed by atoms with Crippen LogP contribution in [0.4, 0.5) is 52.7 Å². The van der Waals surface area contributed by atoms with Crippen molar-refractivity contribution in [2.75, 3.05) is 0 Å². The summed E-state index contributed by atoms with van der Waals surface area (Å²) in [6.45, 7) is 3.76. The summed E-state index contributed by atoms with van der Waals surface area (Å²) in [6, 6.07) is 9.02. The Morgan fingerprint density at radius 3 is 1.10 bits per heavy atom. The maximum atomic E-state index is 13.8. The van der Waals surface area contributed by atoms with Crippen LogP contribution in [0.15, 0.2) is 66.7 Å². The van der Waals surface area contributed by atoms with Crippen LogP contribution in [0.2, 0.25) is 5.04 Å². The van der Waals surface area contributed by atoms with E-state index in [0.29, 0.717) is 29.8 Å². The lowest BCUT2D eigenvalue weighted by molar-refractivity contribution is -0.144. The molecule has 0 aliphatic heterocycles. The second kappa shape index (κ2) is 10.7. The summed E-state index contributed by atoms with van der Waals surface area (Å²) in [5, 5.41) is -2.84. The third kappa shape index (κ3) is 7.08. The standard InChI is InChI=1S/C27H23F12NSi/c1-23(2,3)41(40-15-16-7-5-4-6-8-16,21-11-17(24(28,29)30)9-18(12-21)25(31,32)33)22-13-19(26(34,35)36)10-20(14-22)27(37,38)39/h4-14,40H,15H2,1-3H3. The smallest absolute Gasteiger partial charge is 0.326 e. The second-order valence-electron chi connectivity index (χ2n) is 10.4. The third-order valence-corrected chi connectivity index (χ3v) is 11.8. The highest BCUT2D eigenvalue weighted by Gasteiger charge is 2.52. The lowest BCUT2D eigenvalue weighted by Gasteiger charge is -2.45. The molecule has 224 valence electrons. The summed E-state index contributed by atoms with van der Waals surface area (Å²) in [4.78, 5) is 2.91. The highest BCUT2D eigenvalue weighted by molar-refractivity contribution is 7.02. The number of rotatable bonds is 5. The van der Waals surface area contributed by atoms with Gasteiger partial charge < -0.3 is 4.98 Å². The van der Waals surface area contributed by atoms with Gasteiger partial charge in [-0.2, -0.15) is 52.7 Å². The van der Waals surface area contributed by atoms with Crippen molar-refractivity contribution in [3.63, 3.8) is 0 Å². The molecule has 14 heteroatoms. The summed E-state index contributed by atoms with van der Waals surface area (Å²) in [6.07, 6.45) is -21.2. The van der Waals surface area contributed by atoms with E-state index in [2.05, 4.69) is 4.98 Å². The van der Waals surface area contributed by atoms with Crippen molar-refractivity contribution in [2.24, 2.45) is 0 Å². The maximum absolute atomic E-state index is 13.8. The van der Waals surface area contributed by atoms with E-state index in [9.17, 15) is 52.7 Å². The quantitative estimate of drug-likeness (QED) is 0.224. The summed E-state index contributed by atoms with van der Waals surface area (Å²) in [5.41, 5.74) is -6.53. The molecular formula is C27H23F12NSi. The summed E-state index contributed by atoms with van der Waals surface area (Å²) in [5.74, 6) is 0. The molecule has 0 saturated carbocycles. The Morgan fingerprint density at radius 1 is 0.512 bits per heavy atom. The largest absolute Gasteiger partial charge is 0.416 e. The van der Waals surface area contributed by atoms with Gasteiger partial charge in [-0.15, -0.1) is 0 Å². The zero-order valence-electron chi connectivity index (χ0n) is 21.6. The van der Waals surface area contributed by atoms with Gasteiger partial charge in [0.05, 0.1) is 22.3 Å². The van der Waals surface area contributed by atoms with Gasteiger partial charge in [0.25, 0.3) is 0 Å². The minimum Gasteiger partial charge on any atom is -0.326 e. The molecule has 0 fully saturated rings. The second-order valence-corrected chi connectivity index (χ2v) is 14.9. The number of nitrogens with one attached hydrogen (secondary N) is 1. The number of alkyl halides is 12. The Hall–Kier alpha value is -3.00. The van der Waals surface area contributed by atoms with Crippen LogP contribution in [0.1, 0.15) is 48.6 Å². The molecule has 1 nitrogen and oxygen atoms in total. The molecule has 0 aliphatic carbocycles. The van der Waals surface area contributed by atoms with Gasteiger partial charge in [-0.1, -0.05) is 51.1 Å². The molecule has 0 saturated heterocycles. The fraction of sp³-hybridized carbons (Fsp3) is 0.333. The molecule has 3 rings (SSSR count). The molecule has 0 aliphatic rings. The lowest BCUT2D eigenvalue weighted by atomic mass is 10.1. The molecule has 0 spiro atoms. The molecule has 3 aromatic carbocycles. The van der Waals surface area contributed by atoms with Crippen molar-refractivity contribution in [2.45, 2.75) is 57.1 Å². The number of hydrogen-bond acceptors (Lipinski definition) is 1. The van der Waals surface area contributed by atoms with Crippen LogP contribution in [0.3, 0.4) is 0 Å². The number of hydrogen-bond donors (Lipinski definition) is 1. The Labute approximate surface area is 228 Å². The van der Waals surface area contributed by atoms with E-state index in [1.54, 1.807) is 18.2 Å². The van der Waals surface area contributed by atoms with E-state index >= 15 is 0 Å². The van der Waals surface area contributed by atoms with E-state index in [0.717, 1.165) is 0 Å². The van der Waals surface area contributed by atoms with Crippen LogP contribution in [0.25, 0.3) is 0 Å². The van der Waals surface area contributed by atoms with Gasteiger partial charge in [0.2, 0.25) is 0 Å². The highest BCUT2D eigenvalue weighted by Crippen LogP contribution is 2.41. The predicted molar refractivity (Wildman–Crippen MR) is 131 cm³/mol. The van der Waals surface area contributed by atoms with Crippen molar-refractivity contribution in [1.29, 1.82) is 0 Å². The maximum Gasteiger partial charge on any atom is 0.416 e. The number of benzene rings is 3. The van der Waals surface area contributed by atoms with Gasteiger partial charge in [-0.05, 0) is 57.4 Å². The Bertz CT molecular complexity index is 1220. The van der Waals surface area contributed by atoms with Gasteiger partial charge in [0.1, 0.15) is 0 Å². The molecular weight excluding hydrogens is 594 g/mol. The summed E-state index contributed by atoms with van der Waals surface area (Å²) < 4.78 is 166. The van der Waals surface area contributed by atoms with Gasteiger partial charge in [0, 0.05) is 6.54 Å². The molecule has 3 aromatic rings. The fourth-order valence-electron chi connectivity index (χ4n) is 4.68. The van der Waals surface area contributed by atoms with Crippen molar-refractivity contribution in [3.8, 4) is 0 Å². The zero-order valence-corrected chi connectivity index (χ0v) is 22.6. The van der Waals surface area contributed by atoms with E-state index in [1.807, 2.05) is 0 Å². The van der Waals surface area contributed by atoms with Gasteiger partial charge in [-0.3, -0.25) is 0 Å². The normalized spacial score (nSPS) is 13.9. The topological polar surface area (TPSA) is 12.0 Å². The molecule has 0 aromatic heterocycles. The van der Waals surface area contributed by atoms with Gasteiger partial charge in [0.15, 0.2) is 8.24 Å². The minimum absolute atomic E-state index is 0.143. The van der Waals surface area contributed by atoms with Crippen molar-refractivity contribution in [3.05, 3.63) is 94.5 Å². The highest BCUT2D eigenvalue weighted by atomic mass is 28.3. The Kier molecular flexibility index (Phi) is 8.47. The van der Waals surface area contributed by atoms with Crippen LogP contribution < -0.4 is 15.4 Å². The first-order valence-corrected chi connectivity index (χ1v) is 13.8. The van der Waals surface area contributed by atoms with Crippen LogP contribution in [0, 0.1) is 0 Å². The van der Waals surface area contributed by atoms with E-state index in [4.69, 9.17) is 0 Å². The first kappa shape index (κ1) is 32.5. The Balaban J connectivity index is 2.54. The molecule has 0 unspecified atom stereocenters. The van der Waals surface area contributed by atoms with Crippen molar-refractivity contribution >= 4 is 18.6 Å². The first-order chi connectivity index (χ1) is 18.5. The zero-order chi connectivity index (χ0) is 31.2. The van der Waals surface area contributed by atoms with Crippen LogP contribution in [-0.2, 0) is 31.2 Å². The molecule has 0 atom stereocenters. The number of halogens is 12. The molecule has 0 amide bonds. The monoisotopic (exact) mass is 617 g/mol. The van der Waals surface area contributed by atoms with E-state index < -0.39 is 70.6 Å². The van der Waals surface area contributed by atoms with Crippen LogP contribution >= 0.6 is 0 Å². The molecule has 0 bridgehead atoms. The molecule has 0 heterocycles. The molecule has 1 N–H and O–H groups in total. The van der Waals surface area contributed by atoms with Gasteiger partial charge in [-0.25, -0.2) is 0 Å². The molecule has 0 radical (unpaired) electrons. The van der Waals surface area contributed by atoms with Crippen LogP contribution in [-0.4, -0.2) is 8.24 Å². The fourth-order valence-corrected chi connectivity index (χ4v) is 9.64.